The Morgan fingerprint density at radius 1 is 1.40 bits per heavy atom. The summed E-state index contributed by atoms with van der Waals surface area (Å²) in [4.78, 5) is 2.42. The van der Waals surface area contributed by atoms with E-state index in [9.17, 15) is 0 Å². The van der Waals surface area contributed by atoms with Gasteiger partial charge in [-0.1, -0.05) is 0 Å². The van der Waals surface area contributed by atoms with Crippen molar-refractivity contribution in [2.75, 3.05) is 13.1 Å². The van der Waals surface area contributed by atoms with Gasteiger partial charge in [0.25, 0.3) is 0 Å². The minimum absolute atomic E-state index is 0.382. The molecule has 1 aromatic heterocycles. The zero-order chi connectivity index (χ0) is 10.3. The van der Waals surface area contributed by atoms with Gasteiger partial charge in [-0.25, -0.2) is 0 Å². The molecule has 0 radical (unpaired) electrons. The highest BCUT2D eigenvalue weighted by Crippen LogP contribution is 2.41. The molecular formula is C12H18N2O. The van der Waals surface area contributed by atoms with Crippen molar-refractivity contribution >= 4 is 0 Å². The first-order valence-corrected chi connectivity index (χ1v) is 5.83. The summed E-state index contributed by atoms with van der Waals surface area (Å²) in [5.41, 5.74) is 6.17. The van der Waals surface area contributed by atoms with Crippen molar-refractivity contribution in [1.82, 2.24) is 4.90 Å². The first kappa shape index (κ1) is 9.43. The van der Waals surface area contributed by atoms with Gasteiger partial charge in [-0.05, 0) is 36.8 Å². The minimum atomic E-state index is 0.382. The molecule has 1 aliphatic carbocycles. The van der Waals surface area contributed by atoms with E-state index in [0.29, 0.717) is 6.04 Å². The lowest BCUT2D eigenvalue weighted by molar-refractivity contribution is 0.281. The second-order valence-electron chi connectivity index (χ2n) is 4.94. The van der Waals surface area contributed by atoms with Crippen LogP contribution in [0.15, 0.2) is 22.8 Å². The van der Waals surface area contributed by atoms with Gasteiger partial charge in [0, 0.05) is 19.1 Å². The fraction of sp³-hybridized carbons (Fsp3) is 0.667. The molecule has 1 aromatic rings. The summed E-state index contributed by atoms with van der Waals surface area (Å²) in [5, 5.41) is 0. The van der Waals surface area contributed by atoms with E-state index in [-0.39, 0.29) is 0 Å². The standard InChI is InChI=1S/C12H18N2O/c13-12-8-14(6-10-2-1-5-15-10)7-11(12)9-3-4-9/h1-2,5,9,11-12H,3-4,6-8,13H2/t11-,12+/m0/s1. The number of hydrogen-bond acceptors (Lipinski definition) is 3. The van der Waals surface area contributed by atoms with Gasteiger partial charge in [-0.2, -0.15) is 0 Å². The van der Waals surface area contributed by atoms with Crippen LogP contribution in [0.2, 0.25) is 0 Å². The molecule has 2 N–H and O–H groups in total. The molecule has 1 saturated heterocycles. The van der Waals surface area contributed by atoms with Gasteiger partial charge in [0.05, 0.1) is 12.8 Å². The highest BCUT2D eigenvalue weighted by Gasteiger charge is 2.40. The van der Waals surface area contributed by atoms with Crippen LogP contribution < -0.4 is 5.73 Å². The van der Waals surface area contributed by atoms with Crippen LogP contribution in [0.25, 0.3) is 0 Å². The van der Waals surface area contributed by atoms with Crippen LogP contribution >= 0.6 is 0 Å². The Kier molecular flexibility index (Phi) is 2.29. The van der Waals surface area contributed by atoms with E-state index >= 15 is 0 Å². The highest BCUT2D eigenvalue weighted by atomic mass is 16.3. The number of rotatable bonds is 3. The summed E-state index contributed by atoms with van der Waals surface area (Å²) in [6, 6.07) is 4.37. The smallest absolute Gasteiger partial charge is 0.117 e. The predicted molar refractivity (Wildman–Crippen MR) is 58.2 cm³/mol. The average molecular weight is 206 g/mol. The maximum Gasteiger partial charge on any atom is 0.117 e. The second-order valence-corrected chi connectivity index (χ2v) is 4.94. The molecule has 0 unspecified atom stereocenters. The summed E-state index contributed by atoms with van der Waals surface area (Å²) in [6.45, 7) is 3.11. The van der Waals surface area contributed by atoms with Gasteiger partial charge < -0.3 is 10.2 Å². The largest absolute Gasteiger partial charge is 0.468 e. The summed E-state index contributed by atoms with van der Waals surface area (Å²) < 4.78 is 5.36. The van der Waals surface area contributed by atoms with E-state index in [1.165, 1.54) is 12.8 Å². The Balaban J connectivity index is 1.60. The molecule has 0 bridgehead atoms. The second kappa shape index (κ2) is 3.65. The normalized spacial score (nSPS) is 32.3. The first-order valence-electron chi connectivity index (χ1n) is 5.83. The first-order chi connectivity index (χ1) is 7.33. The van der Waals surface area contributed by atoms with Crippen LogP contribution in [-0.4, -0.2) is 24.0 Å². The number of likely N-dealkylation sites (tertiary alicyclic amines) is 1. The van der Waals surface area contributed by atoms with Crippen molar-refractivity contribution in [3.8, 4) is 0 Å². The predicted octanol–water partition coefficient (Wildman–Crippen LogP) is 1.45. The van der Waals surface area contributed by atoms with Gasteiger partial charge >= 0.3 is 0 Å². The molecule has 0 spiro atoms. The molecule has 2 aliphatic rings. The minimum Gasteiger partial charge on any atom is -0.468 e. The van der Waals surface area contributed by atoms with E-state index < -0.39 is 0 Å². The van der Waals surface area contributed by atoms with Crippen LogP contribution in [0.5, 0.6) is 0 Å². The average Bonchev–Trinajstić information content (AvgIpc) is 2.81. The third-order valence-electron chi connectivity index (χ3n) is 3.68. The topological polar surface area (TPSA) is 42.4 Å². The molecule has 1 aliphatic heterocycles. The molecule has 2 fully saturated rings. The van der Waals surface area contributed by atoms with E-state index in [0.717, 1.165) is 37.2 Å². The molecule has 0 amide bonds. The maximum absolute atomic E-state index is 6.17. The highest BCUT2D eigenvalue weighted by molar-refractivity contribution is 5.01. The Bertz CT molecular complexity index is 318. The van der Waals surface area contributed by atoms with Crippen LogP contribution in [0, 0.1) is 11.8 Å². The molecule has 2 heterocycles. The molecule has 3 heteroatoms. The molecule has 1 saturated carbocycles. The van der Waals surface area contributed by atoms with E-state index in [1.807, 2.05) is 12.1 Å². The molecule has 2 atom stereocenters. The van der Waals surface area contributed by atoms with Crippen LogP contribution in [0.4, 0.5) is 0 Å². The molecule has 15 heavy (non-hydrogen) atoms. The Morgan fingerprint density at radius 2 is 2.27 bits per heavy atom. The van der Waals surface area contributed by atoms with E-state index in [4.69, 9.17) is 10.2 Å². The number of nitrogens with zero attached hydrogens (tertiary/aromatic N) is 1. The van der Waals surface area contributed by atoms with Gasteiger partial charge in [0.1, 0.15) is 5.76 Å². The maximum atomic E-state index is 6.17. The van der Waals surface area contributed by atoms with Gasteiger partial charge in [-0.15, -0.1) is 0 Å². The van der Waals surface area contributed by atoms with Crippen LogP contribution in [0.3, 0.4) is 0 Å². The van der Waals surface area contributed by atoms with Crippen LogP contribution in [-0.2, 0) is 6.54 Å². The molecule has 82 valence electrons. The van der Waals surface area contributed by atoms with Crippen molar-refractivity contribution in [2.24, 2.45) is 17.6 Å². The van der Waals surface area contributed by atoms with Gasteiger partial charge in [0.2, 0.25) is 0 Å². The third kappa shape index (κ3) is 1.94. The lowest BCUT2D eigenvalue weighted by atomic mass is 9.99. The third-order valence-corrected chi connectivity index (χ3v) is 3.68. The van der Waals surface area contributed by atoms with E-state index in [2.05, 4.69) is 4.90 Å². The summed E-state index contributed by atoms with van der Waals surface area (Å²) in [5.74, 6) is 2.71. The van der Waals surface area contributed by atoms with Crippen molar-refractivity contribution in [3.63, 3.8) is 0 Å². The zero-order valence-electron chi connectivity index (χ0n) is 8.93. The monoisotopic (exact) mass is 206 g/mol. The number of furan rings is 1. The fourth-order valence-corrected chi connectivity index (χ4v) is 2.72. The molecule has 3 rings (SSSR count). The van der Waals surface area contributed by atoms with E-state index in [1.54, 1.807) is 6.26 Å². The lowest BCUT2D eigenvalue weighted by Gasteiger charge is -2.13. The Hall–Kier alpha value is -0.800. The lowest BCUT2D eigenvalue weighted by Crippen LogP contribution is -2.30. The van der Waals surface area contributed by atoms with Gasteiger partial charge in [0.15, 0.2) is 0 Å². The molecule has 3 nitrogen and oxygen atoms in total. The molecule has 0 aromatic carbocycles. The quantitative estimate of drug-likeness (QED) is 0.814. The number of nitrogens with two attached hydrogens (primary N) is 1. The molecular weight excluding hydrogens is 188 g/mol. The number of hydrogen-bond donors (Lipinski definition) is 1. The van der Waals surface area contributed by atoms with Crippen molar-refractivity contribution in [3.05, 3.63) is 24.2 Å². The van der Waals surface area contributed by atoms with Crippen molar-refractivity contribution < 1.29 is 4.42 Å². The SMILES string of the molecule is N[C@@H]1CN(Cc2ccco2)C[C@H]1C1CC1. The summed E-state index contributed by atoms with van der Waals surface area (Å²) in [6.07, 6.45) is 4.53. The van der Waals surface area contributed by atoms with Crippen molar-refractivity contribution in [2.45, 2.75) is 25.4 Å². The Labute approximate surface area is 90.2 Å². The van der Waals surface area contributed by atoms with Gasteiger partial charge in [-0.3, -0.25) is 4.90 Å². The zero-order valence-corrected chi connectivity index (χ0v) is 8.93. The summed E-state index contributed by atoms with van der Waals surface area (Å²) in [7, 11) is 0. The summed E-state index contributed by atoms with van der Waals surface area (Å²) >= 11 is 0. The van der Waals surface area contributed by atoms with Crippen molar-refractivity contribution in [1.29, 1.82) is 0 Å². The fourth-order valence-electron chi connectivity index (χ4n) is 2.72. The van der Waals surface area contributed by atoms with Crippen LogP contribution in [0.1, 0.15) is 18.6 Å². The Morgan fingerprint density at radius 3 is 2.93 bits per heavy atom.